The molecule has 0 unspecified atom stereocenters. The fourth-order valence-electron chi connectivity index (χ4n) is 1.84. The van der Waals surface area contributed by atoms with Crippen molar-refractivity contribution in [3.8, 4) is 11.5 Å². The first-order valence-corrected chi connectivity index (χ1v) is 6.93. The van der Waals surface area contributed by atoms with Crippen LogP contribution in [0.4, 0.5) is 11.4 Å². The van der Waals surface area contributed by atoms with Crippen molar-refractivity contribution < 1.29 is 14.3 Å². The average Bonchev–Trinajstić information content (AvgIpc) is 2.49. The molecule has 0 saturated heterocycles. The Kier molecular flexibility index (Phi) is 4.70. The lowest BCUT2D eigenvalue weighted by atomic mass is 10.2. The number of ether oxygens (including phenoxy) is 2. The fraction of sp³-hybridized carbons (Fsp3) is 0.133. The third kappa shape index (κ3) is 3.28. The molecule has 0 bridgehead atoms. The third-order valence-corrected chi connectivity index (χ3v) is 3.61. The molecule has 3 N–H and O–H groups in total. The van der Waals surface area contributed by atoms with E-state index in [0.29, 0.717) is 32.9 Å². The zero-order chi connectivity index (χ0) is 15.4. The van der Waals surface area contributed by atoms with Crippen LogP contribution in [0.5, 0.6) is 11.5 Å². The molecule has 0 aliphatic carbocycles. The van der Waals surface area contributed by atoms with E-state index >= 15 is 0 Å². The summed E-state index contributed by atoms with van der Waals surface area (Å²) in [6.45, 7) is 0. The number of methoxy groups -OCH3 is 2. The molecule has 1 amide bonds. The Morgan fingerprint density at radius 2 is 1.76 bits per heavy atom. The molecule has 0 aliphatic rings. The Hall–Kier alpha value is -2.21. The first kappa shape index (κ1) is 15.2. The largest absolute Gasteiger partial charge is 0.493 e. The minimum atomic E-state index is -0.263. The maximum Gasteiger partial charge on any atom is 0.256 e. The number of nitrogens with one attached hydrogen (secondary N) is 1. The van der Waals surface area contributed by atoms with Crippen LogP contribution >= 0.6 is 15.9 Å². The van der Waals surface area contributed by atoms with Crippen molar-refractivity contribution in [3.63, 3.8) is 0 Å². The van der Waals surface area contributed by atoms with Gasteiger partial charge in [-0.25, -0.2) is 0 Å². The molecule has 2 aromatic rings. The van der Waals surface area contributed by atoms with Crippen LogP contribution in [0.2, 0.25) is 0 Å². The van der Waals surface area contributed by atoms with E-state index in [4.69, 9.17) is 15.2 Å². The van der Waals surface area contributed by atoms with Gasteiger partial charge in [-0.15, -0.1) is 0 Å². The Labute approximate surface area is 131 Å². The molecule has 5 nitrogen and oxygen atoms in total. The van der Waals surface area contributed by atoms with E-state index < -0.39 is 0 Å². The Bertz CT molecular complexity index is 674. The van der Waals surface area contributed by atoms with Crippen LogP contribution in [-0.2, 0) is 0 Å². The predicted molar refractivity (Wildman–Crippen MR) is 86.1 cm³/mol. The highest BCUT2D eigenvalue weighted by atomic mass is 79.9. The topological polar surface area (TPSA) is 73.6 Å². The van der Waals surface area contributed by atoms with E-state index in [1.165, 1.54) is 14.2 Å². The van der Waals surface area contributed by atoms with Crippen LogP contribution in [0.3, 0.4) is 0 Å². The lowest BCUT2D eigenvalue weighted by Gasteiger charge is -2.13. The van der Waals surface area contributed by atoms with Crippen molar-refractivity contribution in [2.75, 3.05) is 25.3 Å². The number of benzene rings is 2. The van der Waals surface area contributed by atoms with E-state index in [1.807, 2.05) is 6.07 Å². The highest BCUT2D eigenvalue weighted by molar-refractivity contribution is 9.10. The van der Waals surface area contributed by atoms with Crippen LogP contribution in [-0.4, -0.2) is 20.1 Å². The Morgan fingerprint density at radius 1 is 1.14 bits per heavy atom. The van der Waals surface area contributed by atoms with E-state index in [2.05, 4.69) is 21.2 Å². The Morgan fingerprint density at radius 3 is 2.38 bits per heavy atom. The number of rotatable bonds is 4. The van der Waals surface area contributed by atoms with Gasteiger partial charge in [0.1, 0.15) is 0 Å². The molecular weight excluding hydrogens is 336 g/mol. The molecule has 0 spiro atoms. The molecular formula is C15H15BrN2O3. The summed E-state index contributed by atoms with van der Waals surface area (Å²) in [6, 6.07) is 10.4. The predicted octanol–water partition coefficient (Wildman–Crippen LogP) is 3.30. The third-order valence-electron chi connectivity index (χ3n) is 2.92. The zero-order valence-electron chi connectivity index (χ0n) is 11.6. The highest BCUT2D eigenvalue weighted by Crippen LogP contribution is 2.35. The lowest BCUT2D eigenvalue weighted by Crippen LogP contribution is -2.14. The minimum absolute atomic E-state index is 0.263. The van der Waals surface area contributed by atoms with Gasteiger partial charge in [0.25, 0.3) is 5.91 Å². The second-order valence-electron chi connectivity index (χ2n) is 4.23. The molecule has 0 atom stereocenters. The summed E-state index contributed by atoms with van der Waals surface area (Å²) in [5, 5.41) is 2.76. The molecule has 6 heteroatoms. The smallest absolute Gasteiger partial charge is 0.256 e. The van der Waals surface area contributed by atoms with Crippen molar-refractivity contribution in [2.45, 2.75) is 0 Å². The molecule has 2 aromatic carbocycles. The van der Waals surface area contributed by atoms with Crippen molar-refractivity contribution >= 4 is 33.2 Å². The van der Waals surface area contributed by atoms with Gasteiger partial charge in [0.15, 0.2) is 11.5 Å². The van der Waals surface area contributed by atoms with Crippen LogP contribution in [0.1, 0.15) is 10.4 Å². The zero-order valence-corrected chi connectivity index (χ0v) is 13.2. The van der Waals surface area contributed by atoms with Crippen LogP contribution in [0.25, 0.3) is 0 Å². The van der Waals surface area contributed by atoms with Gasteiger partial charge >= 0.3 is 0 Å². The number of nitrogens with two attached hydrogens (primary N) is 1. The van der Waals surface area contributed by atoms with Crippen molar-refractivity contribution in [3.05, 3.63) is 46.4 Å². The van der Waals surface area contributed by atoms with Gasteiger partial charge in [0.2, 0.25) is 0 Å². The number of carbonyl (C=O) groups excluding carboxylic acids is 1. The van der Waals surface area contributed by atoms with Gasteiger partial charge < -0.3 is 20.5 Å². The number of nitrogen functional groups attached to an aromatic ring is 1. The first-order chi connectivity index (χ1) is 10.1. The number of hydrogen-bond acceptors (Lipinski definition) is 4. The second-order valence-corrected chi connectivity index (χ2v) is 5.08. The summed E-state index contributed by atoms with van der Waals surface area (Å²) in [6.07, 6.45) is 0. The van der Waals surface area contributed by atoms with Crippen LogP contribution < -0.4 is 20.5 Å². The van der Waals surface area contributed by atoms with E-state index in [0.717, 1.165) is 0 Å². The van der Waals surface area contributed by atoms with Crippen LogP contribution in [0, 0.1) is 0 Å². The quantitative estimate of drug-likeness (QED) is 0.829. The SMILES string of the molecule is COc1cc(N)c(NC(=O)c2ccccc2Br)cc1OC. The number of hydrogen-bond donors (Lipinski definition) is 2. The van der Waals surface area contributed by atoms with Crippen molar-refractivity contribution in [1.82, 2.24) is 0 Å². The first-order valence-electron chi connectivity index (χ1n) is 6.14. The fourth-order valence-corrected chi connectivity index (χ4v) is 2.30. The van der Waals surface area contributed by atoms with Crippen LogP contribution in [0.15, 0.2) is 40.9 Å². The monoisotopic (exact) mass is 350 g/mol. The summed E-state index contributed by atoms with van der Waals surface area (Å²) < 4.78 is 11.1. The summed E-state index contributed by atoms with van der Waals surface area (Å²) in [5.74, 6) is 0.740. The molecule has 110 valence electrons. The number of amides is 1. The highest BCUT2D eigenvalue weighted by Gasteiger charge is 2.14. The normalized spacial score (nSPS) is 10.0. The van der Waals surface area contributed by atoms with Gasteiger partial charge in [0.05, 0.1) is 31.2 Å². The van der Waals surface area contributed by atoms with Gasteiger partial charge in [-0.2, -0.15) is 0 Å². The standard InChI is InChI=1S/C15H15BrN2O3/c1-20-13-7-11(17)12(8-14(13)21-2)18-15(19)9-5-3-4-6-10(9)16/h3-8H,17H2,1-2H3,(H,18,19). The molecule has 0 heterocycles. The second kappa shape index (κ2) is 6.49. The van der Waals surface area contributed by atoms with Crippen molar-refractivity contribution in [2.24, 2.45) is 0 Å². The van der Waals surface area contributed by atoms with Gasteiger partial charge in [-0.05, 0) is 28.1 Å². The maximum atomic E-state index is 12.3. The number of anilines is 2. The van der Waals surface area contributed by atoms with E-state index in [-0.39, 0.29) is 5.91 Å². The summed E-state index contributed by atoms with van der Waals surface area (Å²) in [4.78, 5) is 12.3. The van der Waals surface area contributed by atoms with Gasteiger partial charge in [0, 0.05) is 16.6 Å². The summed E-state index contributed by atoms with van der Waals surface area (Å²) in [7, 11) is 3.05. The average molecular weight is 351 g/mol. The molecule has 0 aromatic heterocycles. The molecule has 21 heavy (non-hydrogen) atoms. The lowest BCUT2D eigenvalue weighted by molar-refractivity contribution is 0.102. The molecule has 0 aliphatic heterocycles. The summed E-state index contributed by atoms with van der Waals surface area (Å²) >= 11 is 3.34. The maximum absolute atomic E-state index is 12.3. The van der Waals surface area contributed by atoms with Gasteiger partial charge in [-0.3, -0.25) is 4.79 Å². The molecule has 0 fully saturated rings. The van der Waals surface area contributed by atoms with Gasteiger partial charge in [-0.1, -0.05) is 12.1 Å². The minimum Gasteiger partial charge on any atom is -0.493 e. The molecule has 0 saturated carbocycles. The number of halogens is 1. The molecule has 0 radical (unpaired) electrons. The van der Waals surface area contributed by atoms with E-state index in [1.54, 1.807) is 30.3 Å². The van der Waals surface area contributed by atoms with E-state index in [9.17, 15) is 4.79 Å². The summed E-state index contributed by atoms with van der Waals surface area (Å²) in [5.41, 5.74) is 7.31. The Balaban J connectivity index is 2.31. The molecule has 2 rings (SSSR count). The number of carbonyl (C=O) groups is 1. The van der Waals surface area contributed by atoms with Crippen molar-refractivity contribution in [1.29, 1.82) is 0 Å².